The van der Waals surface area contributed by atoms with E-state index in [1.165, 1.54) is 28.9 Å². The molecular formula is C23H21BrFN3O5. The number of aromatic nitrogens is 3. The van der Waals surface area contributed by atoms with E-state index < -0.39 is 42.0 Å². The summed E-state index contributed by atoms with van der Waals surface area (Å²) in [4.78, 5) is 13.2. The van der Waals surface area contributed by atoms with Crippen LogP contribution in [0.4, 0.5) is 4.39 Å². The predicted octanol–water partition coefficient (Wildman–Crippen LogP) is 3.32. The molecule has 8 nitrogen and oxygen atoms in total. The first-order valence-corrected chi connectivity index (χ1v) is 11.2. The molecule has 2 aliphatic rings. The molecule has 2 fully saturated rings. The Kier molecular flexibility index (Phi) is 5.66. The number of hydrogen-bond acceptors (Lipinski definition) is 7. The topological polar surface area (TPSA) is 95.7 Å². The van der Waals surface area contributed by atoms with E-state index in [2.05, 4.69) is 26.2 Å². The van der Waals surface area contributed by atoms with Crippen LogP contribution in [0, 0.1) is 5.82 Å². The van der Waals surface area contributed by atoms with Gasteiger partial charge in [0.25, 0.3) is 0 Å². The molecule has 0 unspecified atom stereocenters. The van der Waals surface area contributed by atoms with E-state index in [4.69, 9.17) is 14.2 Å². The first-order chi connectivity index (χ1) is 15.7. The van der Waals surface area contributed by atoms with Crippen LogP contribution >= 0.6 is 15.9 Å². The first kappa shape index (κ1) is 22.3. The summed E-state index contributed by atoms with van der Waals surface area (Å²) < 4.78 is 33.1. The molecule has 3 heterocycles. The molecule has 2 aromatic carbocycles. The summed E-state index contributed by atoms with van der Waals surface area (Å²) in [5.74, 6) is -1.67. The molecule has 2 aliphatic heterocycles. The van der Waals surface area contributed by atoms with Gasteiger partial charge in [-0.3, -0.25) is 4.79 Å². The summed E-state index contributed by atoms with van der Waals surface area (Å²) in [5, 5.41) is 19.1. The second-order valence-corrected chi connectivity index (χ2v) is 9.36. The molecule has 0 radical (unpaired) electrons. The summed E-state index contributed by atoms with van der Waals surface area (Å²) in [6.45, 7) is 3.63. The Morgan fingerprint density at radius 3 is 2.52 bits per heavy atom. The Labute approximate surface area is 197 Å². The molecule has 4 atom stereocenters. The van der Waals surface area contributed by atoms with E-state index in [1.54, 1.807) is 13.8 Å². The molecule has 10 heteroatoms. The van der Waals surface area contributed by atoms with E-state index in [0.29, 0.717) is 11.3 Å². The fourth-order valence-electron chi connectivity index (χ4n) is 4.10. The fraction of sp³-hybridized carbons (Fsp3) is 0.348. The van der Waals surface area contributed by atoms with Gasteiger partial charge in [0.05, 0.1) is 6.54 Å². The third kappa shape index (κ3) is 4.24. The molecule has 0 spiro atoms. The number of aliphatic hydroxyl groups is 1. The number of fused-ring (bicyclic) bond motifs is 1. The van der Waals surface area contributed by atoms with Crippen LogP contribution in [0.1, 0.15) is 29.9 Å². The zero-order valence-corrected chi connectivity index (χ0v) is 19.4. The van der Waals surface area contributed by atoms with Crippen molar-refractivity contribution in [3.63, 3.8) is 0 Å². The van der Waals surface area contributed by atoms with Gasteiger partial charge in [0, 0.05) is 15.6 Å². The van der Waals surface area contributed by atoms with Crippen LogP contribution in [0.3, 0.4) is 0 Å². The van der Waals surface area contributed by atoms with E-state index >= 15 is 0 Å². The number of nitrogens with zero attached hydrogens (tertiary/aromatic N) is 3. The lowest BCUT2D eigenvalue weighted by atomic mass is 10.0. The Morgan fingerprint density at radius 2 is 1.85 bits per heavy atom. The van der Waals surface area contributed by atoms with Gasteiger partial charge in [-0.1, -0.05) is 33.3 Å². The monoisotopic (exact) mass is 517 g/mol. The maximum Gasteiger partial charge on any atom is 0.215 e. The Bertz CT molecular complexity index is 1180. The minimum absolute atomic E-state index is 0.116. The number of halogens is 2. The normalized spacial score (nSPS) is 25.8. The lowest BCUT2D eigenvalue weighted by Gasteiger charge is -2.23. The van der Waals surface area contributed by atoms with Crippen molar-refractivity contribution in [1.29, 1.82) is 0 Å². The third-order valence-electron chi connectivity index (χ3n) is 5.64. The van der Waals surface area contributed by atoms with Crippen LogP contribution in [0.15, 0.2) is 53.0 Å². The molecule has 3 aromatic rings. The SMILES string of the molecule is CC1(C)O[C@H]2O[C@H](Cn3nnc(C(=O)c4ccc(F)cc4)c3-c3ccc(Br)cc3)[C@H](O)[C@H]2O1. The fourth-order valence-corrected chi connectivity index (χ4v) is 4.37. The van der Waals surface area contributed by atoms with Gasteiger partial charge < -0.3 is 19.3 Å². The van der Waals surface area contributed by atoms with Gasteiger partial charge in [0.2, 0.25) is 5.78 Å². The van der Waals surface area contributed by atoms with Gasteiger partial charge in [-0.05, 0) is 50.2 Å². The summed E-state index contributed by atoms with van der Waals surface area (Å²) in [6, 6.07) is 12.6. The van der Waals surface area contributed by atoms with Crippen molar-refractivity contribution >= 4 is 21.7 Å². The van der Waals surface area contributed by atoms with Crippen molar-refractivity contribution in [2.45, 2.75) is 50.8 Å². The number of aliphatic hydroxyl groups excluding tert-OH is 1. The number of rotatable bonds is 5. The molecule has 0 bridgehead atoms. The highest BCUT2D eigenvalue weighted by molar-refractivity contribution is 9.10. The van der Waals surface area contributed by atoms with Crippen molar-refractivity contribution in [2.24, 2.45) is 0 Å². The maximum atomic E-state index is 13.3. The summed E-state index contributed by atoms with van der Waals surface area (Å²) in [7, 11) is 0. The van der Waals surface area contributed by atoms with E-state index in [-0.39, 0.29) is 17.8 Å². The van der Waals surface area contributed by atoms with Crippen LogP contribution in [-0.4, -0.2) is 56.3 Å². The van der Waals surface area contributed by atoms with Crippen LogP contribution in [0.2, 0.25) is 0 Å². The lowest BCUT2D eigenvalue weighted by molar-refractivity contribution is -0.216. The number of ether oxygens (including phenoxy) is 3. The summed E-state index contributed by atoms with van der Waals surface area (Å²) in [5.41, 5.74) is 1.57. The average molecular weight is 518 g/mol. The second kappa shape index (κ2) is 8.37. The van der Waals surface area contributed by atoms with Gasteiger partial charge in [0.15, 0.2) is 17.8 Å². The number of carbonyl (C=O) groups excluding carboxylic acids is 1. The average Bonchev–Trinajstić information content (AvgIpc) is 3.41. The third-order valence-corrected chi connectivity index (χ3v) is 6.17. The largest absolute Gasteiger partial charge is 0.387 e. The quantitative estimate of drug-likeness (QED) is 0.518. The highest BCUT2D eigenvalue weighted by atomic mass is 79.9. The van der Waals surface area contributed by atoms with Crippen LogP contribution in [-0.2, 0) is 20.8 Å². The predicted molar refractivity (Wildman–Crippen MR) is 118 cm³/mol. The standard InChI is InChI=1S/C23H21BrFN3O5/c1-23(2)32-21-20(30)16(31-22(21)33-23)11-28-18(12-3-7-14(24)8-4-12)17(26-27-28)19(29)13-5-9-15(25)10-6-13/h3-10,16,20-22,30H,11H2,1-2H3/t16-,20+,21-,22-/m1/s1. The highest BCUT2D eigenvalue weighted by Gasteiger charge is 2.54. The van der Waals surface area contributed by atoms with Gasteiger partial charge in [0.1, 0.15) is 29.8 Å². The molecule has 33 heavy (non-hydrogen) atoms. The Balaban J connectivity index is 1.48. The molecule has 172 valence electrons. The summed E-state index contributed by atoms with van der Waals surface area (Å²) >= 11 is 3.41. The van der Waals surface area contributed by atoms with Crippen LogP contribution < -0.4 is 0 Å². The molecule has 0 saturated carbocycles. The molecule has 1 N–H and O–H groups in total. The molecule has 0 amide bonds. The molecule has 2 saturated heterocycles. The van der Waals surface area contributed by atoms with Gasteiger partial charge in [-0.25, -0.2) is 9.07 Å². The summed E-state index contributed by atoms with van der Waals surface area (Å²) in [6.07, 6.45) is -2.94. The Morgan fingerprint density at radius 1 is 1.15 bits per heavy atom. The van der Waals surface area contributed by atoms with Crippen molar-refractivity contribution in [3.8, 4) is 11.3 Å². The molecule has 1 aromatic heterocycles. The van der Waals surface area contributed by atoms with Crippen LogP contribution in [0.25, 0.3) is 11.3 Å². The highest BCUT2D eigenvalue weighted by Crippen LogP contribution is 2.38. The van der Waals surface area contributed by atoms with Crippen molar-refractivity contribution in [3.05, 3.63) is 70.1 Å². The molecular weight excluding hydrogens is 497 g/mol. The minimum atomic E-state index is -0.949. The van der Waals surface area contributed by atoms with E-state index in [9.17, 15) is 14.3 Å². The van der Waals surface area contributed by atoms with Crippen molar-refractivity contribution in [1.82, 2.24) is 15.0 Å². The zero-order chi connectivity index (χ0) is 23.3. The first-order valence-electron chi connectivity index (χ1n) is 10.4. The number of ketones is 1. The Hall–Kier alpha value is -2.50. The van der Waals surface area contributed by atoms with Gasteiger partial charge in [-0.2, -0.15) is 0 Å². The second-order valence-electron chi connectivity index (χ2n) is 8.45. The number of benzene rings is 2. The lowest BCUT2D eigenvalue weighted by Crippen LogP contribution is -2.36. The maximum absolute atomic E-state index is 13.3. The molecule has 0 aliphatic carbocycles. The molecule has 5 rings (SSSR count). The van der Waals surface area contributed by atoms with Crippen molar-refractivity contribution in [2.75, 3.05) is 0 Å². The van der Waals surface area contributed by atoms with Gasteiger partial charge in [-0.15, -0.1) is 5.10 Å². The van der Waals surface area contributed by atoms with Crippen molar-refractivity contribution < 1.29 is 28.5 Å². The smallest absolute Gasteiger partial charge is 0.215 e. The number of hydrogen-bond donors (Lipinski definition) is 1. The van der Waals surface area contributed by atoms with E-state index in [1.807, 2.05) is 24.3 Å². The van der Waals surface area contributed by atoms with Crippen LogP contribution in [0.5, 0.6) is 0 Å². The number of carbonyl (C=O) groups is 1. The minimum Gasteiger partial charge on any atom is -0.387 e. The van der Waals surface area contributed by atoms with E-state index in [0.717, 1.165) is 4.47 Å². The van der Waals surface area contributed by atoms with Gasteiger partial charge >= 0.3 is 0 Å². The zero-order valence-electron chi connectivity index (χ0n) is 17.8.